The molecule has 0 saturated heterocycles. The van der Waals surface area contributed by atoms with Crippen LogP contribution in [-0.4, -0.2) is 16.8 Å². The number of rotatable bonds is 3. The van der Waals surface area contributed by atoms with E-state index in [1.54, 1.807) is 0 Å². The minimum atomic E-state index is -0.509. The van der Waals surface area contributed by atoms with Gasteiger partial charge in [0.25, 0.3) is 0 Å². The van der Waals surface area contributed by atoms with Crippen molar-refractivity contribution in [1.82, 2.24) is 5.32 Å². The van der Waals surface area contributed by atoms with Crippen LogP contribution in [0.5, 0.6) is 0 Å². The Hall–Kier alpha value is -1.82. The molecule has 0 spiro atoms. The second kappa shape index (κ2) is 7.38. The van der Waals surface area contributed by atoms with E-state index in [0.29, 0.717) is 0 Å². The predicted molar refractivity (Wildman–Crippen MR) is 101 cm³/mol. The number of hydrogen-bond donors (Lipinski definition) is 3. The monoisotopic (exact) mass is 349 g/mol. The van der Waals surface area contributed by atoms with E-state index in [0.717, 1.165) is 36.9 Å². The van der Waals surface area contributed by atoms with Gasteiger partial charge < -0.3 is 21.1 Å². The third kappa shape index (κ3) is 5.09. The lowest BCUT2D eigenvalue weighted by Crippen LogP contribution is -2.48. The van der Waals surface area contributed by atoms with Crippen molar-refractivity contribution in [3.63, 3.8) is 0 Å². The smallest absolute Gasteiger partial charge is 0.408 e. The molecule has 0 aromatic heterocycles. The molecule has 1 aliphatic rings. The molecule has 0 unspecified atom stereocenters. The van der Waals surface area contributed by atoms with E-state index in [-0.39, 0.29) is 16.7 Å². The Morgan fingerprint density at radius 3 is 2.25 bits per heavy atom. The lowest BCUT2D eigenvalue weighted by atomic mass is 9.76. The molecular formula is C18H27N3O2S. The number of carbonyl (C=O) groups excluding carboxylic acids is 1. The quantitative estimate of drug-likeness (QED) is 0.718. The van der Waals surface area contributed by atoms with Gasteiger partial charge in [0.05, 0.1) is 5.54 Å². The summed E-state index contributed by atoms with van der Waals surface area (Å²) in [5.74, 6) is 0. The summed E-state index contributed by atoms with van der Waals surface area (Å²) in [5.41, 5.74) is 6.55. The summed E-state index contributed by atoms with van der Waals surface area (Å²) in [6, 6.07) is 7.90. The third-order valence-electron chi connectivity index (χ3n) is 4.15. The van der Waals surface area contributed by atoms with E-state index in [1.165, 1.54) is 6.42 Å². The summed E-state index contributed by atoms with van der Waals surface area (Å²) >= 11 is 4.86. The maximum Gasteiger partial charge on any atom is 0.408 e. The zero-order valence-corrected chi connectivity index (χ0v) is 15.5. The molecule has 1 aromatic rings. The van der Waals surface area contributed by atoms with Crippen molar-refractivity contribution < 1.29 is 9.53 Å². The highest BCUT2D eigenvalue weighted by molar-refractivity contribution is 7.80. The number of amides is 1. The van der Waals surface area contributed by atoms with Gasteiger partial charge in [-0.25, -0.2) is 4.79 Å². The zero-order valence-electron chi connectivity index (χ0n) is 14.6. The number of benzene rings is 1. The number of nitrogens with one attached hydrogen (secondary N) is 2. The lowest BCUT2D eigenvalue weighted by molar-refractivity contribution is 0.0420. The summed E-state index contributed by atoms with van der Waals surface area (Å²) < 4.78 is 5.47. The highest BCUT2D eigenvalue weighted by atomic mass is 32.1. The molecule has 0 bridgehead atoms. The van der Waals surface area contributed by atoms with Crippen molar-refractivity contribution in [1.29, 1.82) is 0 Å². The molecule has 132 valence electrons. The largest absolute Gasteiger partial charge is 0.444 e. The number of carbonyl (C=O) groups is 1. The Bertz CT molecular complexity index is 587. The fraction of sp³-hybridized carbons (Fsp3) is 0.556. The molecule has 0 atom stereocenters. The average Bonchev–Trinajstić information content (AvgIpc) is 2.46. The van der Waals surface area contributed by atoms with Crippen LogP contribution in [-0.2, 0) is 10.3 Å². The van der Waals surface area contributed by atoms with E-state index in [2.05, 4.69) is 10.6 Å². The molecule has 1 aromatic carbocycles. The van der Waals surface area contributed by atoms with Crippen molar-refractivity contribution in [2.24, 2.45) is 5.73 Å². The molecule has 1 amide bonds. The van der Waals surface area contributed by atoms with Crippen LogP contribution in [0, 0.1) is 0 Å². The molecule has 1 fully saturated rings. The molecule has 5 nitrogen and oxygen atoms in total. The van der Waals surface area contributed by atoms with Crippen molar-refractivity contribution in [3.05, 3.63) is 29.8 Å². The summed E-state index contributed by atoms with van der Waals surface area (Å²) in [5, 5.41) is 6.29. The van der Waals surface area contributed by atoms with E-state index < -0.39 is 5.60 Å². The molecule has 24 heavy (non-hydrogen) atoms. The maximum absolute atomic E-state index is 12.3. The molecule has 0 heterocycles. The van der Waals surface area contributed by atoms with Gasteiger partial charge in [-0.3, -0.25) is 0 Å². The molecule has 6 heteroatoms. The van der Waals surface area contributed by atoms with Crippen LogP contribution in [0.3, 0.4) is 0 Å². The number of ether oxygens (including phenoxy) is 1. The Balaban J connectivity index is 2.20. The van der Waals surface area contributed by atoms with Crippen molar-refractivity contribution in [2.75, 3.05) is 5.32 Å². The number of anilines is 1. The van der Waals surface area contributed by atoms with Gasteiger partial charge in [0.15, 0.2) is 5.11 Å². The van der Waals surface area contributed by atoms with Gasteiger partial charge in [0.2, 0.25) is 0 Å². The lowest BCUT2D eigenvalue weighted by Gasteiger charge is -2.39. The number of nitrogens with two attached hydrogens (primary N) is 1. The fourth-order valence-corrected chi connectivity index (χ4v) is 3.27. The number of thiocarbonyl (C=S) groups is 1. The van der Waals surface area contributed by atoms with Gasteiger partial charge in [-0.1, -0.05) is 31.4 Å². The maximum atomic E-state index is 12.3. The van der Waals surface area contributed by atoms with Crippen LogP contribution in [0.15, 0.2) is 24.3 Å². The Labute approximate surface area is 149 Å². The topological polar surface area (TPSA) is 76.4 Å². The van der Waals surface area contributed by atoms with Crippen LogP contribution in [0.4, 0.5) is 10.5 Å². The first-order chi connectivity index (χ1) is 11.2. The van der Waals surface area contributed by atoms with Crippen molar-refractivity contribution in [2.45, 2.75) is 64.0 Å². The van der Waals surface area contributed by atoms with E-state index >= 15 is 0 Å². The van der Waals surface area contributed by atoms with E-state index in [9.17, 15) is 4.79 Å². The molecule has 1 aliphatic carbocycles. The zero-order chi connectivity index (χ0) is 17.8. The van der Waals surface area contributed by atoms with Gasteiger partial charge in [-0.2, -0.15) is 0 Å². The number of hydrogen-bond acceptors (Lipinski definition) is 3. The second-order valence-electron chi connectivity index (χ2n) is 7.34. The summed E-state index contributed by atoms with van der Waals surface area (Å²) in [6.07, 6.45) is 4.82. The molecule has 0 radical (unpaired) electrons. The van der Waals surface area contributed by atoms with Crippen LogP contribution < -0.4 is 16.4 Å². The van der Waals surface area contributed by atoms with Gasteiger partial charge in [0.1, 0.15) is 5.60 Å². The third-order valence-corrected chi connectivity index (χ3v) is 4.25. The second-order valence-corrected chi connectivity index (χ2v) is 7.78. The highest BCUT2D eigenvalue weighted by Crippen LogP contribution is 2.37. The number of alkyl carbamates (subject to hydrolysis) is 1. The van der Waals surface area contributed by atoms with E-state index in [4.69, 9.17) is 22.7 Å². The minimum Gasteiger partial charge on any atom is -0.444 e. The Kier molecular flexibility index (Phi) is 5.70. The van der Waals surface area contributed by atoms with Gasteiger partial charge >= 0.3 is 6.09 Å². The average molecular weight is 350 g/mol. The normalized spacial score (nSPS) is 17.0. The van der Waals surface area contributed by atoms with Crippen molar-refractivity contribution >= 4 is 29.1 Å². The van der Waals surface area contributed by atoms with Crippen molar-refractivity contribution in [3.8, 4) is 0 Å². The first-order valence-electron chi connectivity index (χ1n) is 8.38. The first-order valence-corrected chi connectivity index (χ1v) is 8.79. The highest BCUT2D eigenvalue weighted by Gasteiger charge is 2.36. The Morgan fingerprint density at radius 2 is 1.75 bits per heavy atom. The van der Waals surface area contributed by atoms with Gasteiger partial charge in [-0.05, 0) is 63.5 Å². The van der Waals surface area contributed by atoms with Crippen LogP contribution >= 0.6 is 12.2 Å². The summed E-state index contributed by atoms with van der Waals surface area (Å²) in [6.45, 7) is 5.61. The van der Waals surface area contributed by atoms with Gasteiger partial charge in [-0.15, -0.1) is 0 Å². The van der Waals surface area contributed by atoms with Crippen LogP contribution in [0.25, 0.3) is 0 Å². The molecule has 1 saturated carbocycles. The summed E-state index contributed by atoms with van der Waals surface area (Å²) in [4.78, 5) is 12.3. The molecule has 4 N–H and O–H groups in total. The predicted octanol–water partition coefficient (Wildman–Crippen LogP) is 4.03. The SMILES string of the molecule is CC(C)(C)OC(=O)NC1(c2ccc(NC(N)=S)cc2)CCCCC1. The minimum absolute atomic E-state index is 0.238. The van der Waals surface area contributed by atoms with E-state index in [1.807, 2.05) is 45.0 Å². The fourth-order valence-electron chi connectivity index (χ4n) is 3.16. The molecule has 0 aliphatic heterocycles. The molecule has 2 rings (SSSR count). The standard InChI is InChI=1S/C18H27N3O2S/c1-17(2,3)23-16(22)21-18(11-5-4-6-12-18)13-7-9-14(10-8-13)20-15(19)24/h7-10H,4-6,11-12H2,1-3H3,(H,21,22)(H3,19,20,24). The van der Waals surface area contributed by atoms with Crippen LogP contribution in [0.2, 0.25) is 0 Å². The first kappa shape index (κ1) is 18.5. The molecular weight excluding hydrogens is 322 g/mol. The summed E-state index contributed by atoms with van der Waals surface area (Å²) in [7, 11) is 0. The van der Waals surface area contributed by atoms with Crippen LogP contribution in [0.1, 0.15) is 58.4 Å². The Morgan fingerprint density at radius 1 is 1.17 bits per heavy atom. The van der Waals surface area contributed by atoms with Gasteiger partial charge in [0, 0.05) is 5.69 Å².